The van der Waals surface area contributed by atoms with Gasteiger partial charge in [0.15, 0.2) is 0 Å². The van der Waals surface area contributed by atoms with Gasteiger partial charge in [-0.1, -0.05) is 52.0 Å². The third kappa shape index (κ3) is 2.91. The summed E-state index contributed by atoms with van der Waals surface area (Å²) in [7, 11) is 1.82. The van der Waals surface area contributed by atoms with Crippen LogP contribution < -0.4 is 5.32 Å². The van der Waals surface area contributed by atoms with Gasteiger partial charge in [0.1, 0.15) is 0 Å². The lowest BCUT2D eigenvalue weighted by Crippen LogP contribution is -2.60. The van der Waals surface area contributed by atoms with Crippen LogP contribution in [-0.2, 0) is 4.74 Å². The number of benzene rings is 1. The average Bonchev–Trinajstić information content (AvgIpc) is 2.42. The molecule has 1 aliphatic carbocycles. The predicted molar refractivity (Wildman–Crippen MR) is 85.1 cm³/mol. The molecule has 2 rings (SSSR count). The Balaban J connectivity index is 1.97. The molecular weight excluding hydrogens is 246 g/mol. The van der Waals surface area contributed by atoms with Gasteiger partial charge in [0.25, 0.3) is 0 Å². The molecule has 2 heteroatoms. The Kier molecular flexibility index (Phi) is 4.55. The molecule has 3 unspecified atom stereocenters. The third-order valence-electron chi connectivity index (χ3n) is 5.02. The molecule has 3 atom stereocenters. The van der Waals surface area contributed by atoms with Gasteiger partial charge in [-0.15, -0.1) is 0 Å². The van der Waals surface area contributed by atoms with Crippen LogP contribution in [0, 0.1) is 5.41 Å². The van der Waals surface area contributed by atoms with E-state index in [1.165, 1.54) is 11.1 Å². The second kappa shape index (κ2) is 5.87. The van der Waals surface area contributed by atoms with Crippen molar-refractivity contribution in [2.75, 3.05) is 7.11 Å². The van der Waals surface area contributed by atoms with Gasteiger partial charge in [0.2, 0.25) is 0 Å². The van der Waals surface area contributed by atoms with Crippen molar-refractivity contribution in [1.82, 2.24) is 5.32 Å². The fourth-order valence-corrected chi connectivity index (χ4v) is 3.14. The zero-order valence-corrected chi connectivity index (χ0v) is 13.7. The Morgan fingerprint density at radius 1 is 1.10 bits per heavy atom. The second-order valence-electron chi connectivity index (χ2n) is 7.04. The monoisotopic (exact) mass is 275 g/mol. The summed E-state index contributed by atoms with van der Waals surface area (Å²) in [4.78, 5) is 0. The van der Waals surface area contributed by atoms with Crippen LogP contribution in [0.15, 0.2) is 24.3 Å². The van der Waals surface area contributed by atoms with Crippen LogP contribution in [0.2, 0.25) is 0 Å². The molecule has 0 aromatic heterocycles. The fourth-order valence-electron chi connectivity index (χ4n) is 3.14. The molecule has 112 valence electrons. The molecular formula is C18H29NO. The first kappa shape index (κ1) is 15.5. The minimum Gasteiger partial charge on any atom is -0.381 e. The normalized spacial score (nSPS) is 26.4. The first-order chi connectivity index (χ1) is 9.36. The van der Waals surface area contributed by atoms with Crippen molar-refractivity contribution in [3.8, 4) is 0 Å². The van der Waals surface area contributed by atoms with Crippen LogP contribution in [0.3, 0.4) is 0 Å². The molecule has 0 radical (unpaired) electrons. The van der Waals surface area contributed by atoms with E-state index in [0.29, 0.717) is 24.1 Å². The molecule has 1 saturated carbocycles. The van der Waals surface area contributed by atoms with Crippen LogP contribution in [0.25, 0.3) is 0 Å². The maximum atomic E-state index is 5.52. The Morgan fingerprint density at radius 2 is 1.65 bits per heavy atom. The van der Waals surface area contributed by atoms with Crippen molar-refractivity contribution in [2.24, 2.45) is 5.41 Å². The Morgan fingerprint density at radius 3 is 2.10 bits per heavy atom. The van der Waals surface area contributed by atoms with Crippen molar-refractivity contribution in [1.29, 1.82) is 0 Å². The first-order valence-electron chi connectivity index (χ1n) is 7.75. The summed E-state index contributed by atoms with van der Waals surface area (Å²) in [6.07, 6.45) is 1.49. The largest absolute Gasteiger partial charge is 0.381 e. The van der Waals surface area contributed by atoms with E-state index >= 15 is 0 Å². The minimum absolute atomic E-state index is 0.223. The summed E-state index contributed by atoms with van der Waals surface area (Å²) in [5.41, 5.74) is 3.00. The lowest BCUT2D eigenvalue weighted by Gasteiger charge is -2.52. The van der Waals surface area contributed by atoms with E-state index < -0.39 is 0 Å². The highest BCUT2D eigenvalue weighted by molar-refractivity contribution is 5.27. The van der Waals surface area contributed by atoms with Gasteiger partial charge in [-0.3, -0.25) is 0 Å². The van der Waals surface area contributed by atoms with Gasteiger partial charge in [-0.2, -0.15) is 0 Å². The van der Waals surface area contributed by atoms with E-state index in [1.807, 2.05) is 7.11 Å². The maximum absolute atomic E-state index is 5.52. The zero-order chi connectivity index (χ0) is 14.9. The van der Waals surface area contributed by atoms with Crippen LogP contribution in [0.1, 0.15) is 64.1 Å². The quantitative estimate of drug-likeness (QED) is 0.866. The fraction of sp³-hybridized carbons (Fsp3) is 0.667. The van der Waals surface area contributed by atoms with E-state index in [2.05, 4.69) is 64.2 Å². The number of nitrogens with one attached hydrogen (secondary N) is 1. The Bertz CT molecular complexity index is 435. The van der Waals surface area contributed by atoms with Crippen molar-refractivity contribution in [2.45, 2.75) is 65.1 Å². The second-order valence-corrected chi connectivity index (χ2v) is 7.04. The van der Waals surface area contributed by atoms with Gasteiger partial charge in [0, 0.05) is 24.6 Å². The van der Waals surface area contributed by atoms with Crippen molar-refractivity contribution >= 4 is 0 Å². The molecule has 0 bridgehead atoms. The number of methoxy groups -OCH3 is 1. The molecule has 0 heterocycles. The first-order valence-corrected chi connectivity index (χ1v) is 7.75. The lowest BCUT2D eigenvalue weighted by atomic mass is 9.64. The molecule has 0 aliphatic heterocycles. The van der Waals surface area contributed by atoms with Gasteiger partial charge in [0.05, 0.1) is 6.10 Å². The lowest BCUT2D eigenvalue weighted by molar-refractivity contribution is -0.0999. The maximum Gasteiger partial charge on any atom is 0.0652 e. The van der Waals surface area contributed by atoms with E-state index in [1.54, 1.807) is 0 Å². The van der Waals surface area contributed by atoms with Gasteiger partial charge in [-0.05, 0) is 30.4 Å². The Labute approximate surface area is 123 Å². The molecule has 0 spiro atoms. The molecule has 1 aliphatic rings. The molecule has 1 fully saturated rings. The standard InChI is InChI=1S/C18H29NO/c1-12(2)14-7-9-15(10-8-14)13(3)19-16-11-17(20-6)18(16,4)5/h7-10,12-13,16-17,19H,11H2,1-6H3. The van der Waals surface area contributed by atoms with Gasteiger partial charge < -0.3 is 10.1 Å². The number of hydrogen-bond acceptors (Lipinski definition) is 2. The van der Waals surface area contributed by atoms with Crippen LogP contribution in [0.4, 0.5) is 0 Å². The van der Waals surface area contributed by atoms with Crippen molar-refractivity contribution in [3.05, 3.63) is 35.4 Å². The summed E-state index contributed by atoms with van der Waals surface area (Å²) in [6.45, 7) is 11.3. The minimum atomic E-state index is 0.223. The van der Waals surface area contributed by atoms with E-state index in [0.717, 1.165) is 6.42 Å². The molecule has 1 aromatic rings. The topological polar surface area (TPSA) is 21.3 Å². The molecule has 0 saturated heterocycles. The van der Waals surface area contributed by atoms with Crippen molar-refractivity contribution < 1.29 is 4.74 Å². The highest BCUT2D eigenvalue weighted by atomic mass is 16.5. The highest BCUT2D eigenvalue weighted by Crippen LogP contribution is 2.43. The van der Waals surface area contributed by atoms with Crippen LogP contribution in [-0.4, -0.2) is 19.3 Å². The predicted octanol–water partition coefficient (Wildman–Crippen LogP) is 4.27. The van der Waals surface area contributed by atoms with E-state index in [-0.39, 0.29) is 5.41 Å². The summed E-state index contributed by atoms with van der Waals surface area (Å²) < 4.78 is 5.52. The number of rotatable bonds is 5. The van der Waals surface area contributed by atoms with Gasteiger partial charge in [-0.25, -0.2) is 0 Å². The summed E-state index contributed by atoms with van der Waals surface area (Å²) in [5.74, 6) is 0.598. The van der Waals surface area contributed by atoms with Crippen LogP contribution in [0.5, 0.6) is 0 Å². The third-order valence-corrected chi connectivity index (χ3v) is 5.02. The Hall–Kier alpha value is -0.860. The van der Waals surface area contributed by atoms with Crippen LogP contribution >= 0.6 is 0 Å². The molecule has 2 nitrogen and oxygen atoms in total. The number of hydrogen-bond donors (Lipinski definition) is 1. The molecule has 1 aromatic carbocycles. The average molecular weight is 275 g/mol. The smallest absolute Gasteiger partial charge is 0.0652 e. The summed E-state index contributed by atoms with van der Waals surface area (Å²) in [5, 5.41) is 3.76. The zero-order valence-electron chi connectivity index (χ0n) is 13.7. The SMILES string of the molecule is COC1CC(NC(C)c2ccc(C(C)C)cc2)C1(C)C. The highest BCUT2D eigenvalue weighted by Gasteiger charge is 2.48. The van der Waals surface area contributed by atoms with Gasteiger partial charge >= 0.3 is 0 Å². The molecule has 0 amide bonds. The summed E-state index contributed by atoms with van der Waals surface area (Å²) >= 11 is 0. The van der Waals surface area contributed by atoms with E-state index in [4.69, 9.17) is 4.74 Å². The molecule has 1 N–H and O–H groups in total. The summed E-state index contributed by atoms with van der Waals surface area (Å²) in [6, 6.07) is 9.94. The molecule has 20 heavy (non-hydrogen) atoms. The number of ether oxygens (including phenoxy) is 1. The van der Waals surface area contributed by atoms with Crippen molar-refractivity contribution in [3.63, 3.8) is 0 Å². The van der Waals surface area contributed by atoms with E-state index in [9.17, 15) is 0 Å².